The van der Waals surface area contributed by atoms with Crippen molar-refractivity contribution >= 4 is 22.1 Å². The van der Waals surface area contributed by atoms with Crippen LogP contribution in [0.3, 0.4) is 0 Å². The SMILES string of the molecule is C=CCc1cccc(C=NNC(=O)CNS(=O)(=O)c2ccccc2)c1O. The minimum atomic E-state index is -3.76. The Kier molecular flexibility index (Phi) is 6.65. The van der Waals surface area contributed by atoms with Crippen molar-refractivity contribution in [2.24, 2.45) is 5.10 Å². The number of nitrogens with zero attached hydrogens (tertiary/aromatic N) is 1. The summed E-state index contributed by atoms with van der Waals surface area (Å²) in [5, 5.41) is 13.8. The molecule has 0 atom stereocenters. The summed E-state index contributed by atoms with van der Waals surface area (Å²) in [6, 6.07) is 12.9. The molecule has 0 spiro atoms. The average molecular weight is 373 g/mol. The van der Waals surface area contributed by atoms with Crippen LogP contribution in [-0.2, 0) is 21.2 Å². The van der Waals surface area contributed by atoms with E-state index in [1.165, 1.54) is 18.3 Å². The van der Waals surface area contributed by atoms with Crippen molar-refractivity contribution < 1.29 is 18.3 Å². The third-order valence-electron chi connectivity index (χ3n) is 3.38. The van der Waals surface area contributed by atoms with Crippen LogP contribution in [0.4, 0.5) is 0 Å². The highest BCUT2D eigenvalue weighted by atomic mass is 32.2. The van der Waals surface area contributed by atoms with Gasteiger partial charge in [-0.25, -0.2) is 18.6 Å². The molecule has 0 radical (unpaired) electrons. The highest BCUT2D eigenvalue weighted by molar-refractivity contribution is 7.89. The van der Waals surface area contributed by atoms with Crippen LogP contribution < -0.4 is 10.1 Å². The van der Waals surface area contributed by atoms with E-state index < -0.39 is 22.5 Å². The Bertz CT molecular complexity index is 909. The summed E-state index contributed by atoms with van der Waals surface area (Å²) in [5.41, 5.74) is 3.32. The second-order valence-corrected chi connectivity index (χ2v) is 7.05. The molecule has 26 heavy (non-hydrogen) atoms. The number of aromatic hydroxyl groups is 1. The maximum absolute atomic E-state index is 12.0. The highest BCUT2D eigenvalue weighted by Crippen LogP contribution is 2.21. The number of carbonyl (C=O) groups excluding carboxylic acids is 1. The average Bonchev–Trinajstić information content (AvgIpc) is 2.64. The van der Waals surface area contributed by atoms with Crippen LogP contribution >= 0.6 is 0 Å². The van der Waals surface area contributed by atoms with Crippen LogP contribution in [0.15, 0.2) is 71.2 Å². The van der Waals surface area contributed by atoms with Gasteiger partial charge in [0.05, 0.1) is 17.7 Å². The fourth-order valence-electron chi connectivity index (χ4n) is 2.09. The quantitative estimate of drug-likeness (QED) is 0.371. The number of hydrazone groups is 1. The molecule has 2 rings (SSSR count). The third-order valence-corrected chi connectivity index (χ3v) is 4.80. The Morgan fingerprint density at radius 3 is 2.58 bits per heavy atom. The molecule has 0 aliphatic heterocycles. The van der Waals surface area contributed by atoms with E-state index in [1.807, 2.05) is 0 Å². The number of benzene rings is 2. The maximum Gasteiger partial charge on any atom is 0.255 e. The standard InChI is InChI=1S/C18H19N3O4S/c1-2-7-14-8-6-9-15(18(14)23)12-19-21-17(22)13-20-26(24,25)16-10-4-3-5-11-16/h2-6,8-12,20,23H,1,7,13H2,(H,21,22). The Morgan fingerprint density at radius 1 is 1.15 bits per heavy atom. The summed E-state index contributed by atoms with van der Waals surface area (Å²) in [6.07, 6.45) is 3.45. The van der Waals surface area contributed by atoms with Crippen molar-refractivity contribution in [2.45, 2.75) is 11.3 Å². The van der Waals surface area contributed by atoms with Crippen LogP contribution in [0.2, 0.25) is 0 Å². The molecule has 8 heteroatoms. The van der Waals surface area contributed by atoms with Crippen LogP contribution in [0, 0.1) is 0 Å². The number of allylic oxidation sites excluding steroid dienone is 1. The van der Waals surface area contributed by atoms with E-state index in [2.05, 4.69) is 21.8 Å². The Labute approximate surface area is 152 Å². The van der Waals surface area contributed by atoms with E-state index >= 15 is 0 Å². The predicted molar refractivity (Wildman–Crippen MR) is 99.4 cm³/mol. The first kappa shape index (κ1) is 19.4. The van der Waals surface area contributed by atoms with Crippen LogP contribution in [-0.4, -0.2) is 32.2 Å². The molecule has 0 saturated carbocycles. The molecule has 3 N–H and O–H groups in total. The molecular weight excluding hydrogens is 354 g/mol. The van der Waals surface area contributed by atoms with Gasteiger partial charge in [-0.1, -0.05) is 36.4 Å². The van der Waals surface area contributed by atoms with Crippen LogP contribution in [0.5, 0.6) is 5.75 Å². The molecule has 0 fully saturated rings. The number of rotatable bonds is 8. The van der Waals surface area contributed by atoms with Gasteiger partial charge in [0.2, 0.25) is 10.0 Å². The Morgan fingerprint density at radius 2 is 1.88 bits per heavy atom. The van der Waals surface area contributed by atoms with Gasteiger partial charge in [0, 0.05) is 5.56 Å². The first-order valence-corrected chi connectivity index (χ1v) is 9.20. The lowest BCUT2D eigenvalue weighted by Gasteiger charge is -2.06. The van der Waals surface area contributed by atoms with Gasteiger partial charge in [-0.2, -0.15) is 5.10 Å². The fourth-order valence-corrected chi connectivity index (χ4v) is 3.10. The van der Waals surface area contributed by atoms with Crippen molar-refractivity contribution in [1.29, 1.82) is 0 Å². The van der Waals surface area contributed by atoms with Crippen molar-refractivity contribution in [2.75, 3.05) is 6.54 Å². The molecule has 0 aliphatic carbocycles. The molecule has 0 heterocycles. The summed E-state index contributed by atoms with van der Waals surface area (Å²) in [5.74, 6) is -0.585. The van der Waals surface area contributed by atoms with E-state index in [0.29, 0.717) is 17.5 Å². The zero-order valence-corrected chi connectivity index (χ0v) is 14.7. The van der Waals surface area contributed by atoms with Gasteiger partial charge < -0.3 is 5.11 Å². The molecule has 2 aromatic carbocycles. The maximum atomic E-state index is 12.0. The van der Waals surface area contributed by atoms with Gasteiger partial charge in [-0.05, 0) is 30.2 Å². The van der Waals surface area contributed by atoms with Crippen LogP contribution in [0.1, 0.15) is 11.1 Å². The molecule has 0 bridgehead atoms. The molecule has 2 aromatic rings. The molecule has 136 valence electrons. The van der Waals surface area contributed by atoms with Crippen molar-refractivity contribution in [3.63, 3.8) is 0 Å². The zero-order chi connectivity index (χ0) is 19.0. The minimum Gasteiger partial charge on any atom is -0.507 e. The molecule has 0 unspecified atom stereocenters. The number of phenolic OH excluding ortho intramolecular Hbond substituents is 1. The van der Waals surface area contributed by atoms with Crippen LogP contribution in [0.25, 0.3) is 0 Å². The molecule has 1 amide bonds. The van der Waals surface area contributed by atoms with Gasteiger partial charge in [0.25, 0.3) is 5.91 Å². The summed E-state index contributed by atoms with van der Waals surface area (Å²) in [4.78, 5) is 11.8. The van der Waals surface area contributed by atoms with E-state index in [1.54, 1.807) is 42.5 Å². The van der Waals surface area contributed by atoms with Crippen molar-refractivity contribution in [3.05, 3.63) is 72.3 Å². The number of sulfonamides is 1. The number of carbonyl (C=O) groups is 1. The molecule has 0 aromatic heterocycles. The van der Waals surface area contributed by atoms with Gasteiger partial charge in [-0.3, -0.25) is 4.79 Å². The van der Waals surface area contributed by atoms with Crippen molar-refractivity contribution in [1.82, 2.24) is 10.1 Å². The summed E-state index contributed by atoms with van der Waals surface area (Å²) in [6.45, 7) is 3.16. The molecule has 7 nitrogen and oxygen atoms in total. The largest absolute Gasteiger partial charge is 0.507 e. The lowest BCUT2D eigenvalue weighted by atomic mass is 10.1. The van der Waals surface area contributed by atoms with Crippen molar-refractivity contribution in [3.8, 4) is 5.75 Å². The summed E-state index contributed by atoms with van der Waals surface area (Å²) in [7, 11) is -3.76. The fraction of sp³-hybridized carbons (Fsp3) is 0.111. The zero-order valence-electron chi connectivity index (χ0n) is 13.9. The minimum absolute atomic E-state index is 0.0511. The molecular formula is C18H19N3O4S. The summed E-state index contributed by atoms with van der Waals surface area (Å²) >= 11 is 0. The first-order valence-electron chi connectivity index (χ1n) is 7.72. The lowest BCUT2D eigenvalue weighted by Crippen LogP contribution is -2.34. The number of para-hydroxylation sites is 1. The molecule has 0 aliphatic rings. The topological polar surface area (TPSA) is 108 Å². The number of hydrogen-bond donors (Lipinski definition) is 3. The number of amides is 1. The Balaban J connectivity index is 1.92. The highest BCUT2D eigenvalue weighted by Gasteiger charge is 2.14. The van der Waals surface area contributed by atoms with E-state index in [-0.39, 0.29) is 10.6 Å². The number of phenols is 1. The smallest absolute Gasteiger partial charge is 0.255 e. The van der Waals surface area contributed by atoms with Gasteiger partial charge >= 0.3 is 0 Å². The van der Waals surface area contributed by atoms with Gasteiger partial charge in [0.1, 0.15) is 5.75 Å². The first-order chi connectivity index (χ1) is 12.4. The Hall–Kier alpha value is -2.97. The second kappa shape index (κ2) is 8.93. The second-order valence-electron chi connectivity index (χ2n) is 5.28. The van der Waals surface area contributed by atoms with E-state index in [0.717, 1.165) is 0 Å². The lowest BCUT2D eigenvalue weighted by molar-refractivity contribution is -0.119. The normalized spacial score (nSPS) is 11.4. The molecule has 0 saturated heterocycles. The van der Waals surface area contributed by atoms with E-state index in [4.69, 9.17) is 0 Å². The van der Waals surface area contributed by atoms with E-state index in [9.17, 15) is 18.3 Å². The van der Waals surface area contributed by atoms with Gasteiger partial charge in [-0.15, -0.1) is 6.58 Å². The number of nitrogens with one attached hydrogen (secondary N) is 2. The number of hydrogen-bond acceptors (Lipinski definition) is 5. The van der Waals surface area contributed by atoms with Gasteiger partial charge in [0.15, 0.2) is 0 Å². The summed E-state index contributed by atoms with van der Waals surface area (Å²) < 4.78 is 26.2. The monoisotopic (exact) mass is 373 g/mol. The third kappa shape index (κ3) is 5.27. The predicted octanol–water partition coefficient (Wildman–Crippen LogP) is 1.55.